The number of alkyl halides is 3. The van der Waals surface area contributed by atoms with Crippen LogP contribution in [0.15, 0.2) is 0 Å². The number of halogens is 3. The Hall–Kier alpha value is -0.740. The summed E-state index contributed by atoms with van der Waals surface area (Å²) in [6, 6.07) is 0. The standard InChI is InChI=1S/C11H17F3O2/c1-10(2,9(15)16)7-5-3-4-6-8(7)11(12,13)14/h7-8H,3-6H2,1-2H3,(H,15,16). The Balaban J connectivity index is 2.95. The van der Waals surface area contributed by atoms with Crippen molar-refractivity contribution in [1.29, 1.82) is 0 Å². The largest absolute Gasteiger partial charge is 0.481 e. The molecule has 1 saturated carbocycles. The molecule has 0 bridgehead atoms. The maximum Gasteiger partial charge on any atom is 0.392 e. The normalized spacial score (nSPS) is 27.8. The second-order valence-electron chi connectivity index (χ2n) is 5.07. The van der Waals surface area contributed by atoms with Gasteiger partial charge in [0.2, 0.25) is 0 Å². The van der Waals surface area contributed by atoms with Crippen molar-refractivity contribution in [3.05, 3.63) is 0 Å². The van der Waals surface area contributed by atoms with Crippen LogP contribution in [0, 0.1) is 17.3 Å². The number of hydrogen-bond donors (Lipinski definition) is 1. The first kappa shape index (κ1) is 13.3. The van der Waals surface area contributed by atoms with Crippen molar-refractivity contribution >= 4 is 5.97 Å². The molecule has 2 atom stereocenters. The number of aliphatic carboxylic acids is 1. The summed E-state index contributed by atoms with van der Waals surface area (Å²) in [4.78, 5) is 11.0. The minimum Gasteiger partial charge on any atom is -0.481 e. The molecule has 1 rings (SSSR count). The quantitative estimate of drug-likeness (QED) is 0.799. The molecule has 1 fully saturated rings. The van der Waals surface area contributed by atoms with E-state index < -0.39 is 29.4 Å². The third kappa shape index (κ3) is 2.50. The second kappa shape index (κ2) is 4.26. The molecular weight excluding hydrogens is 221 g/mol. The van der Waals surface area contributed by atoms with Crippen LogP contribution in [-0.4, -0.2) is 17.3 Å². The first-order valence-electron chi connectivity index (χ1n) is 5.47. The van der Waals surface area contributed by atoms with Gasteiger partial charge in [-0.1, -0.05) is 12.8 Å². The van der Waals surface area contributed by atoms with Gasteiger partial charge in [-0.15, -0.1) is 0 Å². The molecule has 1 N–H and O–H groups in total. The van der Waals surface area contributed by atoms with Crippen LogP contribution in [0.4, 0.5) is 13.2 Å². The molecule has 0 aromatic carbocycles. The van der Waals surface area contributed by atoms with Crippen molar-refractivity contribution in [2.24, 2.45) is 17.3 Å². The van der Waals surface area contributed by atoms with Crippen molar-refractivity contribution in [2.75, 3.05) is 0 Å². The van der Waals surface area contributed by atoms with E-state index in [0.29, 0.717) is 19.3 Å². The number of carboxylic acid groups (broad SMARTS) is 1. The van der Waals surface area contributed by atoms with Crippen molar-refractivity contribution in [3.8, 4) is 0 Å². The van der Waals surface area contributed by atoms with E-state index in [9.17, 15) is 18.0 Å². The second-order valence-corrected chi connectivity index (χ2v) is 5.07. The number of hydrogen-bond acceptors (Lipinski definition) is 1. The Bertz CT molecular complexity index is 271. The highest BCUT2D eigenvalue weighted by molar-refractivity contribution is 5.74. The summed E-state index contributed by atoms with van der Waals surface area (Å²) >= 11 is 0. The molecule has 16 heavy (non-hydrogen) atoms. The molecule has 2 unspecified atom stereocenters. The van der Waals surface area contributed by atoms with Gasteiger partial charge in [-0.2, -0.15) is 13.2 Å². The fraction of sp³-hybridized carbons (Fsp3) is 0.909. The van der Waals surface area contributed by atoms with E-state index in [1.807, 2.05) is 0 Å². The van der Waals surface area contributed by atoms with Gasteiger partial charge >= 0.3 is 12.1 Å². The molecule has 0 aromatic heterocycles. The summed E-state index contributed by atoms with van der Waals surface area (Å²) in [7, 11) is 0. The van der Waals surface area contributed by atoms with Crippen LogP contribution < -0.4 is 0 Å². The molecule has 0 aromatic rings. The Morgan fingerprint density at radius 2 is 1.56 bits per heavy atom. The lowest BCUT2D eigenvalue weighted by Gasteiger charge is -2.40. The van der Waals surface area contributed by atoms with E-state index in [-0.39, 0.29) is 6.42 Å². The minimum absolute atomic E-state index is 0.0604. The van der Waals surface area contributed by atoms with Gasteiger partial charge in [-0.3, -0.25) is 4.79 Å². The molecule has 0 aliphatic heterocycles. The van der Waals surface area contributed by atoms with Crippen LogP contribution in [0.5, 0.6) is 0 Å². The fourth-order valence-electron chi connectivity index (χ4n) is 2.55. The highest BCUT2D eigenvalue weighted by Gasteiger charge is 2.52. The van der Waals surface area contributed by atoms with Gasteiger partial charge in [0.15, 0.2) is 0 Å². The predicted molar refractivity (Wildman–Crippen MR) is 52.9 cm³/mol. The summed E-state index contributed by atoms with van der Waals surface area (Å²) in [6.45, 7) is 2.79. The molecule has 94 valence electrons. The first-order chi connectivity index (χ1) is 7.17. The van der Waals surface area contributed by atoms with Crippen LogP contribution in [0.25, 0.3) is 0 Å². The lowest BCUT2D eigenvalue weighted by molar-refractivity contribution is -0.210. The zero-order valence-corrected chi connectivity index (χ0v) is 9.47. The van der Waals surface area contributed by atoms with E-state index in [4.69, 9.17) is 5.11 Å². The van der Waals surface area contributed by atoms with E-state index in [2.05, 4.69) is 0 Å². The number of carboxylic acids is 1. The number of rotatable bonds is 2. The minimum atomic E-state index is -4.28. The smallest absolute Gasteiger partial charge is 0.392 e. The van der Waals surface area contributed by atoms with E-state index in [1.54, 1.807) is 0 Å². The molecule has 2 nitrogen and oxygen atoms in total. The number of carbonyl (C=O) groups is 1. The Morgan fingerprint density at radius 3 is 1.94 bits per heavy atom. The summed E-state index contributed by atoms with van der Waals surface area (Å²) < 4.78 is 38.4. The first-order valence-corrected chi connectivity index (χ1v) is 5.47. The van der Waals surface area contributed by atoms with Crippen molar-refractivity contribution < 1.29 is 23.1 Å². The van der Waals surface area contributed by atoms with Crippen molar-refractivity contribution in [2.45, 2.75) is 45.7 Å². The molecule has 5 heteroatoms. The zero-order valence-electron chi connectivity index (χ0n) is 9.47. The van der Waals surface area contributed by atoms with E-state index >= 15 is 0 Å². The molecule has 0 heterocycles. The molecule has 1 aliphatic rings. The topological polar surface area (TPSA) is 37.3 Å². The highest BCUT2D eigenvalue weighted by Crippen LogP contribution is 2.48. The third-order valence-electron chi connectivity index (χ3n) is 3.66. The summed E-state index contributed by atoms with van der Waals surface area (Å²) in [6.07, 6.45) is -2.64. The predicted octanol–water partition coefficient (Wildman–Crippen LogP) is 3.47. The third-order valence-corrected chi connectivity index (χ3v) is 3.66. The molecule has 0 radical (unpaired) electrons. The molecule has 0 saturated heterocycles. The van der Waals surface area contributed by atoms with Gasteiger partial charge in [-0.25, -0.2) is 0 Å². The monoisotopic (exact) mass is 238 g/mol. The van der Waals surface area contributed by atoms with E-state index in [0.717, 1.165) is 0 Å². The fourth-order valence-corrected chi connectivity index (χ4v) is 2.55. The average Bonchev–Trinajstić information content (AvgIpc) is 2.16. The van der Waals surface area contributed by atoms with Crippen LogP contribution in [0.1, 0.15) is 39.5 Å². The Kier molecular flexibility index (Phi) is 3.55. The average molecular weight is 238 g/mol. The van der Waals surface area contributed by atoms with Crippen LogP contribution in [0.2, 0.25) is 0 Å². The van der Waals surface area contributed by atoms with Crippen LogP contribution in [-0.2, 0) is 4.79 Å². The van der Waals surface area contributed by atoms with Crippen molar-refractivity contribution in [1.82, 2.24) is 0 Å². The van der Waals surface area contributed by atoms with Gasteiger partial charge in [0.05, 0.1) is 11.3 Å². The van der Waals surface area contributed by atoms with Gasteiger partial charge in [0.1, 0.15) is 0 Å². The van der Waals surface area contributed by atoms with Gasteiger partial charge in [-0.05, 0) is 32.6 Å². The van der Waals surface area contributed by atoms with Gasteiger partial charge in [0, 0.05) is 0 Å². The molecule has 1 aliphatic carbocycles. The molecule has 0 amide bonds. The highest BCUT2D eigenvalue weighted by atomic mass is 19.4. The summed E-state index contributed by atoms with van der Waals surface area (Å²) in [5.74, 6) is -3.42. The lowest BCUT2D eigenvalue weighted by Crippen LogP contribution is -2.44. The Morgan fingerprint density at radius 1 is 1.12 bits per heavy atom. The van der Waals surface area contributed by atoms with Gasteiger partial charge < -0.3 is 5.11 Å². The SMILES string of the molecule is CC(C)(C(=O)O)C1CCCCC1C(F)(F)F. The summed E-state index contributed by atoms with van der Waals surface area (Å²) in [5, 5.41) is 9.01. The molecular formula is C11H17F3O2. The van der Waals surface area contributed by atoms with Crippen LogP contribution >= 0.6 is 0 Å². The summed E-state index contributed by atoms with van der Waals surface area (Å²) in [5.41, 5.74) is -1.30. The van der Waals surface area contributed by atoms with Crippen LogP contribution in [0.3, 0.4) is 0 Å². The zero-order chi connectivity index (χ0) is 12.6. The maximum atomic E-state index is 12.8. The van der Waals surface area contributed by atoms with Crippen molar-refractivity contribution in [3.63, 3.8) is 0 Å². The Labute approximate surface area is 92.8 Å². The maximum absolute atomic E-state index is 12.8. The lowest BCUT2D eigenvalue weighted by atomic mass is 9.65. The van der Waals surface area contributed by atoms with Gasteiger partial charge in [0.25, 0.3) is 0 Å². The molecule has 0 spiro atoms. The van der Waals surface area contributed by atoms with E-state index in [1.165, 1.54) is 13.8 Å².